The molecule has 0 heterocycles. The van der Waals surface area contributed by atoms with E-state index in [-0.39, 0.29) is 5.92 Å². The molecule has 0 aliphatic rings. The van der Waals surface area contributed by atoms with Crippen molar-refractivity contribution in [3.63, 3.8) is 0 Å². The first-order valence-corrected chi connectivity index (χ1v) is 5.13. The number of nitriles is 1. The van der Waals surface area contributed by atoms with Crippen molar-refractivity contribution < 1.29 is 4.74 Å². The Bertz CT molecular complexity index is 382. The summed E-state index contributed by atoms with van der Waals surface area (Å²) in [7, 11) is 1.62. The normalized spacial score (nSPS) is 11.9. The van der Waals surface area contributed by atoms with Gasteiger partial charge in [-0.3, -0.25) is 0 Å². The molecule has 0 spiro atoms. The molecule has 0 amide bonds. The van der Waals surface area contributed by atoms with Gasteiger partial charge in [0.05, 0.1) is 19.1 Å². The Morgan fingerprint density at radius 1 is 1.50 bits per heavy atom. The van der Waals surface area contributed by atoms with E-state index in [0.29, 0.717) is 0 Å². The van der Waals surface area contributed by atoms with E-state index in [1.165, 1.54) is 0 Å². The third-order valence-corrected chi connectivity index (χ3v) is 3.23. The molecule has 0 radical (unpaired) electrons. The van der Waals surface area contributed by atoms with Crippen molar-refractivity contribution in [3.8, 4) is 11.8 Å². The van der Waals surface area contributed by atoms with Crippen LogP contribution in [-0.2, 0) is 0 Å². The van der Waals surface area contributed by atoms with Crippen LogP contribution in [0.4, 0.5) is 0 Å². The van der Waals surface area contributed by atoms with E-state index >= 15 is 0 Å². The summed E-state index contributed by atoms with van der Waals surface area (Å²) in [6, 6.07) is 6.07. The van der Waals surface area contributed by atoms with Crippen molar-refractivity contribution >= 4 is 15.9 Å². The van der Waals surface area contributed by atoms with Gasteiger partial charge in [0.25, 0.3) is 0 Å². The van der Waals surface area contributed by atoms with Crippen LogP contribution in [-0.4, -0.2) is 7.11 Å². The average Bonchev–Trinajstić information content (AvgIpc) is 2.20. The average molecular weight is 254 g/mol. The van der Waals surface area contributed by atoms with Crippen molar-refractivity contribution in [2.24, 2.45) is 0 Å². The van der Waals surface area contributed by atoms with Crippen LogP contribution < -0.4 is 4.74 Å². The van der Waals surface area contributed by atoms with Gasteiger partial charge in [-0.1, -0.05) is 22.0 Å². The molecule has 74 valence electrons. The lowest BCUT2D eigenvalue weighted by molar-refractivity contribution is 0.408. The molecule has 0 aliphatic heterocycles. The lowest BCUT2D eigenvalue weighted by atomic mass is 9.99. The van der Waals surface area contributed by atoms with Crippen molar-refractivity contribution in [1.82, 2.24) is 0 Å². The van der Waals surface area contributed by atoms with Gasteiger partial charge < -0.3 is 4.74 Å². The third-order valence-electron chi connectivity index (χ3n) is 2.18. The maximum absolute atomic E-state index is 8.90. The minimum absolute atomic E-state index is 0.167. The highest BCUT2D eigenvalue weighted by Crippen LogP contribution is 2.35. The molecule has 1 unspecified atom stereocenters. The minimum atomic E-state index is -0.167. The molecule has 0 aliphatic carbocycles. The predicted molar refractivity (Wildman–Crippen MR) is 59.5 cm³/mol. The molecule has 3 heteroatoms. The zero-order valence-corrected chi connectivity index (χ0v) is 10.1. The summed E-state index contributed by atoms with van der Waals surface area (Å²) in [5.41, 5.74) is 2.04. The third kappa shape index (κ3) is 1.91. The quantitative estimate of drug-likeness (QED) is 0.810. The van der Waals surface area contributed by atoms with E-state index < -0.39 is 0 Å². The molecule has 1 rings (SSSR count). The molecule has 1 aromatic carbocycles. The minimum Gasteiger partial charge on any atom is -0.496 e. The van der Waals surface area contributed by atoms with Gasteiger partial charge in [0.2, 0.25) is 0 Å². The lowest BCUT2D eigenvalue weighted by Gasteiger charge is -2.13. The van der Waals surface area contributed by atoms with Crippen molar-refractivity contribution in [2.75, 3.05) is 7.11 Å². The molecular weight excluding hydrogens is 242 g/mol. The zero-order valence-electron chi connectivity index (χ0n) is 8.47. The Hall–Kier alpha value is -1.01. The zero-order chi connectivity index (χ0) is 10.7. The molecular formula is C11H12BrNO. The van der Waals surface area contributed by atoms with Gasteiger partial charge in [-0.15, -0.1) is 0 Å². The van der Waals surface area contributed by atoms with Crippen LogP contribution >= 0.6 is 15.9 Å². The van der Waals surface area contributed by atoms with Gasteiger partial charge in [-0.05, 0) is 25.5 Å². The van der Waals surface area contributed by atoms with E-state index in [4.69, 9.17) is 10.00 Å². The van der Waals surface area contributed by atoms with Crippen LogP contribution in [0.15, 0.2) is 16.6 Å². The molecule has 0 N–H and O–H groups in total. The van der Waals surface area contributed by atoms with E-state index in [1.54, 1.807) is 7.11 Å². The van der Waals surface area contributed by atoms with Crippen molar-refractivity contribution in [2.45, 2.75) is 19.8 Å². The standard InChI is InChI=1S/C11H12BrNO/c1-7-4-5-9(14-3)10(11(7)12)8(2)6-13/h4-5,8H,1-3H3. The molecule has 0 fully saturated rings. The largest absolute Gasteiger partial charge is 0.496 e. The van der Waals surface area contributed by atoms with Crippen LogP contribution in [0.25, 0.3) is 0 Å². The number of rotatable bonds is 2. The number of ether oxygens (including phenoxy) is 1. The second-order valence-corrected chi connectivity index (χ2v) is 3.96. The fraction of sp³-hybridized carbons (Fsp3) is 0.364. The number of methoxy groups -OCH3 is 1. The first-order chi connectivity index (χ1) is 6.61. The van der Waals surface area contributed by atoms with Gasteiger partial charge in [-0.25, -0.2) is 0 Å². The lowest BCUT2D eigenvalue weighted by Crippen LogP contribution is -1.98. The number of nitrogens with zero attached hydrogens (tertiary/aromatic N) is 1. The van der Waals surface area contributed by atoms with Crippen molar-refractivity contribution in [3.05, 3.63) is 27.7 Å². The molecule has 0 saturated carbocycles. The molecule has 1 atom stereocenters. The highest BCUT2D eigenvalue weighted by molar-refractivity contribution is 9.10. The smallest absolute Gasteiger partial charge is 0.124 e. The fourth-order valence-corrected chi connectivity index (χ4v) is 2.00. The second kappa shape index (κ2) is 4.47. The highest BCUT2D eigenvalue weighted by atomic mass is 79.9. The molecule has 1 aromatic rings. The van der Waals surface area contributed by atoms with Crippen LogP contribution in [0.2, 0.25) is 0 Å². The maximum atomic E-state index is 8.90. The summed E-state index contributed by atoms with van der Waals surface area (Å²) < 4.78 is 6.19. The molecule has 14 heavy (non-hydrogen) atoms. The SMILES string of the molecule is COc1ccc(C)c(Br)c1C(C)C#N. The summed E-state index contributed by atoms with van der Waals surface area (Å²) >= 11 is 3.48. The fourth-order valence-electron chi connectivity index (χ4n) is 1.33. The van der Waals surface area contributed by atoms with Gasteiger partial charge >= 0.3 is 0 Å². The summed E-state index contributed by atoms with van der Waals surface area (Å²) in [6.45, 7) is 3.86. The van der Waals surface area contributed by atoms with Gasteiger partial charge in [0.1, 0.15) is 5.75 Å². The molecule has 0 aromatic heterocycles. The topological polar surface area (TPSA) is 33.0 Å². The van der Waals surface area contributed by atoms with Crippen LogP contribution in [0.1, 0.15) is 24.0 Å². The number of hydrogen-bond donors (Lipinski definition) is 0. The summed E-state index contributed by atoms with van der Waals surface area (Å²) in [5, 5.41) is 8.90. The van der Waals surface area contributed by atoms with E-state index in [2.05, 4.69) is 22.0 Å². The van der Waals surface area contributed by atoms with Crippen molar-refractivity contribution in [1.29, 1.82) is 5.26 Å². The summed E-state index contributed by atoms with van der Waals surface area (Å²) in [4.78, 5) is 0. The van der Waals surface area contributed by atoms with Crippen LogP contribution in [0.3, 0.4) is 0 Å². The maximum Gasteiger partial charge on any atom is 0.124 e. The Labute approximate surface area is 92.6 Å². The summed E-state index contributed by atoms with van der Waals surface area (Å²) in [5.74, 6) is 0.593. The Morgan fingerprint density at radius 2 is 2.14 bits per heavy atom. The molecule has 2 nitrogen and oxygen atoms in total. The van der Waals surface area contributed by atoms with Gasteiger partial charge in [0, 0.05) is 10.0 Å². The first-order valence-electron chi connectivity index (χ1n) is 4.34. The number of aryl methyl sites for hydroxylation is 1. The van der Waals surface area contributed by atoms with Gasteiger partial charge in [0.15, 0.2) is 0 Å². The van der Waals surface area contributed by atoms with Crippen LogP contribution in [0.5, 0.6) is 5.75 Å². The highest BCUT2D eigenvalue weighted by Gasteiger charge is 2.15. The monoisotopic (exact) mass is 253 g/mol. The predicted octanol–water partition coefficient (Wildman–Crippen LogP) is 3.39. The number of halogens is 1. The first kappa shape index (κ1) is 11.1. The van der Waals surface area contributed by atoms with Crippen LogP contribution in [0, 0.1) is 18.3 Å². The second-order valence-electron chi connectivity index (χ2n) is 3.16. The molecule has 0 bridgehead atoms. The Morgan fingerprint density at radius 3 is 2.64 bits per heavy atom. The van der Waals surface area contributed by atoms with Gasteiger partial charge in [-0.2, -0.15) is 5.26 Å². The summed E-state index contributed by atoms with van der Waals surface area (Å²) in [6.07, 6.45) is 0. The number of hydrogen-bond acceptors (Lipinski definition) is 2. The Balaban J connectivity index is 3.37. The number of benzene rings is 1. The molecule has 0 saturated heterocycles. The van der Waals surface area contributed by atoms with E-state index in [0.717, 1.165) is 21.3 Å². The van der Waals surface area contributed by atoms with E-state index in [9.17, 15) is 0 Å². The Kier molecular flexibility index (Phi) is 3.54. The van der Waals surface area contributed by atoms with E-state index in [1.807, 2.05) is 26.0 Å².